The van der Waals surface area contributed by atoms with Crippen molar-refractivity contribution in [3.63, 3.8) is 0 Å². The highest BCUT2D eigenvalue weighted by molar-refractivity contribution is 6.05. The second-order valence-corrected chi connectivity index (χ2v) is 6.84. The lowest BCUT2D eigenvalue weighted by atomic mass is 10.1. The summed E-state index contributed by atoms with van der Waals surface area (Å²) in [6.45, 7) is 5.47. The quantitative estimate of drug-likeness (QED) is 0.676. The number of amides is 1. The Balaban J connectivity index is 1.50. The Bertz CT molecular complexity index is 1000. The molecule has 0 aliphatic carbocycles. The van der Waals surface area contributed by atoms with E-state index in [4.69, 9.17) is 9.47 Å². The van der Waals surface area contributed by atoms with E-state index in [1.165, 1.54) is 0 Å². The first-order chi connectivity index (χ1) is 14.7. The standard InChI is InChI=1S/C23H24N4O3/c1-2-30-21-9-4-3-8-20(21)24-23(28)18-7-5-6-17(16-18)19-10-11-22(26-25-19)27-12-14-29-15-13-27/h3-11,16H,2,12-15H2,1H3,(H,24,28). The van der Waals surface area contributed by atoms with Gasteiger partial charge in [0.2, 0.25) is 0 Å². The molecular formula is C23H24N4O3. The van der Waals surface area contributed by atoms with Gasteiger partial charge in [-0.05, 0) is 43.3 Å². The van der Waals surface area contributed by atoms with E-state index >= 15 is 0 Å². The summed E-state index contributed by atoms with van der Waals surface area (Å²) in [6.07, 6.45) is 0. The van der Waals surface area contributed by atoms with E-state index in [-0.39, 0.29) is 5.91 Å². The van der Waals surface area contributed by atoms with Crippen molar-refractivity contribution in [1.29, 1.82) is 0 Å². The summed E-state index contributed by atoms with van der Waals surface area (Å²) in [6, 6.07) is 18.6. The zero-order valence-electron chi connectivity index (χ0n) is 16.9. The molecular weight excluding hydrogens is 380 g/mol. The number of aromatic nitrogens is 2. The molecule has 0 saturated carbocycles. The van der Waals surface area contributed by atoms with Crippen LogP contribution >= 0.6 is 0 Å². The van der Waals surface area contributed by atoms with E-state index in [0.717, 1.165) is 30.2 Å². The van der Waals surface area contributed by atoms with Gasteiger partial charge in [0, 0.05) is 24.2 Å². The maximum atomic E-state index is 12.8. The fourth-order valence-electron chi connectivity index (χ4n) is 3.31. The van der Waals surface area contributed by atoms with Crippen LogP contribution in [-0.4, -0.2) is 49.0 Å². The zero-order valence-corrected chi connectivity index (χ0v) is 16.9. The SMILES string of the molecule is CCOc1ccccc1NC(=O)c1cccc(-c2ccc(N3CCOCC3)nn2)c1. The molecule has 4 rings (SSSR count). The maximum Gasteiger partial charge on any atom is 0.255 e. The van der Waals surface area contributed by atoms with E-state index in [9.17, 15) is 4.79 Å². The van der Waals surface area contributed by atoms with Gasteiger partial charge in [0.15, 0.2) is 5.82 Å². The van der Waals surface area contributed by atoms with Crippen molar-refractivity contribution in [2.45, 2.75) is 6.92 Å². The molecule has 1 saturated heterocycles. The average molecular weight is 404 g/mol. The predicted molar refractivity (Wildman–Crippen MR) is 116 cm³/mol. The molecule has 7 heteroatoms. The number of hydrogen-bond donors (Lipinski definition) is 1. The molecule has 0 unspecified atom stereocenters. The van der Waals surface area contributed by atoms with Gasteiger partial charge in [0.05, 0.1) is 31.2 Å². The van der Waals surface area contributed by atoms with E-state index in [2.05, 4.69) is 20.4 Å². The van der Waals surface area contributed by atoms with Crippen molar-refractivity contribution in [3.05, 3.63) is 66.2 Å². The molecule has 0 bridgehead atoms. The molecule has 1 fully saturated rings. The summed E-state index contributed by atoms with van der Waals surface area (Å²) in [5.74, 6) is 1.28. The Kier molecular flexibility index (Phi) is 6.20. The molecule has 0 radical (unpaired) electrons. The van der Waals surface area contributed by atoms with Crippen molar-refractivity contribution in [3.8, 4) is 17.0 Å². The van der Waals surface area contributed by atoms with Crippen molar-refractivity contribution in [2.75, 3.05) is 43.1 Å². The minimum Gasteiger partial charge on any atom is -0.492 e. The Morgan fingerprint density at radius 3 is 2.67 bits per heavy atom. The van der Waals surface area contributed by atoms with Gasteiger partial charge in [-0.1, -0.05) is 24.3 Å². The van der Waals surface area contributed by atoms with Crippen molar-refractivity contribution >= 4 is 17.4 Å². The molecule has 1 aliphatic rings. The summed E-state index contributed by atoms with van der Waals surface area (Å²) in [5, 5.41) is 11.6. The molecule has 2 aromatic carbocycles. The lowest BCUT2D eigenvalue weighted by Crippen LogP contribution is -2.36. The minimum absolute atomic E-state index is 0.207. The van der Waals surface area contributed by atoms with Crippen LogP contribution in [0.15, 0.2) is 60.7 Å². The first-order valence-corrected chi connectivity index (χ1v) is 10.0. The fourth-order valence-corrected chi connectivity index (χ4v) is 3.31. The topological polar surface area (TPSA) is 76.6 Å². The monoisotopic (exact) mass is 404 g/mol. The van der Waals surface area contributed by atoms with Gasteiger partial charge in [-0.2, -0.15) is 0 Å². The summed E-state index contributed by atoms with van der Waals surface area (Å²) in [4.78, 5) is 14.9. The van der Waals surface area contributed by atoms with Crippen LogP contribution in [0.3, 0.4) is 0 Å². The van der Waals surface area contributed by atoms with E-state index < -0.39 is 0 Å². The molecule has 0 spiro atoms. The summed E-state index contributed by atoms with van der Waals surface area (Å²) in [5.41, 5.74) is 2.74. The van der Waals surface area contributed by atoms with Crippen LogP contribution in [0.2, 0.25) is 0 Å². The van der Waals surface area contributed by atoms with Gasteiger partial charge in [-0.25, -0.2) is 0 Å². The first-order valence-electron chi connectivity index (χ1n) is 10.0. The van der Waals surface area contributed by atoms with Crippen LogP contribution in [0.25, 0.3) is 11.3 Å². The number of anilines is 2. The number of nitrogens with one attached hydrogen (secondary N) is 1. The molecule has 0 atom stereocenters. The van der Waals surface area contributed by atoms with Gasteiger partial charge in [-0.15, -0.1) is 10.2 Å². The van der Waals surface area contributed by atoms with Gasteiger partial charge in [-0.3, -0.25) is 4.79 Å². The van der Waals surface area contributed by atoms with Crippen LogP contribution in [-0.2, 0) is 4.74 Å². The third-order valence-corrected chi connectivity index (χ3v) is 4.84. The van der Waals surface area contributed by atoms with Crippen LogP contribution in [0.5, 0.6) is 5.75 Å². The summed E-state index contributed by atoms with van der Waals surface area (Å²) in [7, 11) is 0. The highest BCUT2D eigenvalue weighted by atomic mass is 16.5. The molecule has 154 valence electrons. The summed E-state index contributed by atoms with van der Waals surface area (Å²) >= 11 is 0. The third-order valence-electron chi connectivity index (χ3n) is 4.84. The molecule has 30 heavy (non-hydrogen) atoms. The van der Waals surface area contributed by atoms with Gasteiger partial charge >= 0.3 is 0 Å². The number of carbonyl (C=O) groups is 1. The maximum absolute atomic E-state index is 12.8. The third kappa shape index (κ3) is 4.58. The first kappa shape index (κ1) is 19.8. The largest absolute Gasteiger partial charge is 0.492 e. The second kappa shape index (κ2) is 9.37. The molecule has 1 aromatic heterocycles. The molecule has 1 amide bonds. The lowest BCUT2D eigenvalue weighted by molar-refractivity contribution is 0.102. The van der Waals surface area contributed by atoms with Crippen LogP contribution in [0.4, 0.5) is 11.5 Å². The number of nitrogens with zero attached hydrogens (tertiary/aromatic N) is 3. The Hall–Kier alpha value is -3.45. The molecule has 1 aliphatic heterocycles. The molecule has 1 N–H and O–H groups in total. The van der Waals surface area contributed by atoms with Crippen molar-refractivity contribution in [2.24, 2.45) is 0 Å². The Labute approximate surface area is 175 Å². The van der Waals surface area contributed by atoms with E-state index in [0.29, 0.717) is 36.8 Å². The number of benzene rings is 2. The number of hydrogen-bond acceptors (Lipinski definition) is 6. The van der Waals surface area contributed by atoms with Gasteiger partial charge < -0.3 is 19.7 Å². The highest BCUT2D eigenvalue weighted by Crippen LogP contribution is 2.25. The van der Waals surface area contributed by atoms with Crippen molar-refractivity contribution in [1.82, 2.24) is 10.2 Å². The number of para-hydroxylation sites is 2. The average Bonchev–Trinajstić information content (AvgIpc) is 2.81. The number of ether oxygens (including phenoxy) is 2. The van der Waals surface area contributed by atoms with Gasteiger partial charge in [0.1, 0.15) is 5.75 Å². The zero-order chi connectivity index (χ0) is 20.8. The predicted octanol–water partition coefficient (Wildman–Crippen LogP) is 3.63. The molecule has 7 nitrogen and oxygen atoms in total. The summed E-state index contributed by atoms with van der Waals surface area (Å²) < 4.78 is 11.0. The normalized spacial score (nSPS) is 13.7. The number of rotatable bonds is 6. The Morgan fingerprint density at radius 1 is 1.07 bits per heavy atom. The molecule has 2 heterocycles. The Morgan fingerprint density at radius 2 is 1.90 bits per heavy atom. The smallest absolute Gasteiger partial charge is 0.255 e. The van der Waals surface area contributed by atoms with Crippen LogP contribution in [0, 0.1) is 0 Å². The number of morpholine rings is 1. The van der Waals surface area contributed by atoms with Crippen molar-refractivity contribution < 1.29 is 14.3 Å². The second-order valence-electron chi connectivity index (χ2n) is 6.84. The van der Waals surface area contributed by atoms with Gasteiger partial charge in [0.25, 0.3) is 5.91 Å². The number of carbonyl (C=O) groups excluding carboxylic acids is 1. The lowest BCUT2D eigenvalue weighted by Gasteiger charge is -2.27. The fraction of sp³-hybridized carbons (Fsp3) is 0.261. The van der Waals surface area contributed by atoms with E-state index in [1.807, 2.05) is 61.5 Å². The van der Waals surface area contributed by atoms with Crippen LogP contribution in [0.1, 0.15) is 17.3 Å². The molecule has 3 aromatic rings. The highest BCUT2D eigenvalue weighted by Gasteiger charge is 2.14. The minimum atomic E-state index is -0.207. The van der Waals surface area contributed by atoms with Crippen LogP contribution < -0.4 is 15.0 Å². The van der Waals surface area contributed by atoms with E-state index in [1.54, 1.807) is 6.07 Å².